The fourth-order valence-corrected chi connectivity index (χ4v) is 6.56. The van der Waals surface area contributed by atoms with Crippen LogP contribution in [0.2, 0.25) is 0 Å². The van der Waals surface area contributed by atoms with Gasteiger partial charge in [0.25, 0.3) is 0 Å². The van der Waals surface area contributed by atoms with Crippen molar-refractivity contribution in [2.75, 3.05) is 18.0 Å². The largest absolute Gasteiger partial charge is 0.457 e. The van der Waals surface area contributed by atoms with Crippen molar-refractivity contribution >= 4 is 35.1 Å². The number of para-hydroxylation sites is 1. The van der Waals surface area contributed by atoms with Crippen molar-refractivity contribution in [3.8, 4) is 11.5 Å². The standard InChI is InChI=1S/C28H29N5O3S/c1-16-14-19(36-18-6-4-3-5-7-18)8-9-21(16)33-22-11-13-30-27-23(22)24(32-28(33)35)25(37-27)26(34)31-20-10-12-29-15-17(20)2/h3-9,11,13-14,17,20,24-25,29H,10,12,15H2,1-2H3,(H,31,34)(H,32,35). The molecular formula is C28H29N5O3S. The number of nitrogens with zero attached hydrogens (tertiary/aromatic N) is 2. The van der Waals surface area contributed by atoms with E-state index in [0.717, 1.165) is 52.8 Å². The molecule has 0 bridgehead atoms. The van der Waals surface area contributed by atoms with E-state index >= 15 is 0 Å². The van der Waals surface area contributed by atoms with Gasteiger partial charge in [-0.3, -0.25) is 9.69 Å². The Hall–Kier alpha value is -3.56. The van der Waals surface area contributed by atoms with E-state index in [0.29, 0.717) is 11.7 Å². The van der Waals surface area contributed by atoms with Gasteiger partial charge in [0.15, 0.2) is 0 Å². The van der Waals surface area contributed by atoms with Crippen LogP contribution >= 0.6 is 11.8 Å². The zero-order valence-corrected chi connectivity index (χ0v) is 21.5. The molecule has 190 valence electrons. The van der Waals surface area contributed by atoms with Crippen LogP contribution in [0.15, 0.2) is 65.8 Å². The molecule has 37 heavy (non-hydrogen) atoms. The van der Waals surface area contributed by atoms with Crippen LogP contribution in [0, 0.1) is 12.8 Å². The van der Waals surface area contributed by atoms with Crippen molar-refractivity contribution in [2.45, 2.75) is 42.6 Å². The highest BCUT2D eigenvalue weighted by molar-refractivity contribution is 8.01. The van der Waals surface area contributed by atoms with Crippen LogP contribution in [0.4, 0.5) is 16.2 Å². The summed E-state index contributed by atoms with van der Waals surface area (Å²) in [6.45, 7) is 5.88. The maximum absolute atomic E-state index is 13.5. The van der Waals surface area contributed by atoms with Gasteiger partial charge < -0.3 is 20.7 Å². The lowest BCUT2D eigenvalue weighted by Gasteiger charge is -2.36. The Labute approximate surface area is 220 Å². The van der Waals surface area contributed by atoms with E-state index in [-0.39, 0.29) is 18.0 Å². The maximum Gasteiger partial charge on any atom is 0.327 e. The number of carbonyl (C=O) groups is 2. The Morgan fingerprint density at radius 3 is 2.76 bits per heavy atom. The summed E-state index contributed by atoms with van der Waals surface area (Å²) in [4.78, 5) is 33.1. The second kappa shape index (κ2) is 9.72. The minimum atomic E-state index is -0.459. The molecule has 3 aliphatic heterocycles. The molecule has 0 spiro atoms. The zero-order chi connectivity index (χ0) is 25.5. The molecule has 1 saturated heterocycles. The highest BCUT2D eigenvalue weighted by Gasteiger charge is 2.47. The summed E-state index contributed by atoms with van der Waals surface area (Å²) in [7, 11) is 0. The minimum Gasteiger partial charge on any atom is -0.457 e. The molecule has 3 aliphatic rings. The highest BCUT2D eigenvalue weighted by atomic mass is 32.2. The molecule has 3 N–H and O–H groups in total. The number of benzene rings is 2. The molecule has 1 fully saturated rings. The summed E-state index contributed by atoms with van der Waals surface area (Å²) < 4.78 is 5.97. The number of ether oxygens (including phenoxy) is 1. The highest BCUT2D eigenvalue weighted by Crippen LogP contribution is 2.51. The van der Waals surface area contributed by atoms with Crippen molar-refractivity contribution in [1.29, 1.82) is 0 Å². The molecule has 4 heterocycles. The Bertz CT molecular complexity index is 1350. The first kappa shape index (κ1) is 23.8. The summed E-state index contributed by atoms with van der Waals surface area (Å²) in [5.74, 6) is 1.75. The minimum absolute atomic E-state index is 0.0509. The third-order valence-corrected chi connectivity index (χ3v) is 8.55. The maximum atomic E-state index is 13.5. The molecule has 4 unspecified atom stereocenters. The fourth-order valence-electron chi connectivity index (χ4n) is 5.32. The van der Waals surface area contributed by atoms with E-state index in [1.807, 2.05) is 61.5 Å². The lowest BCUT2D eigenvalue weighted by molar-refractivity contribution is -0.122. The van der Waals surface area contributed by atoms with Gasteiger partial charge in [-0.05, 0) is 74.3 Å². The number of amides is 3. The monoisotopic (exact) mass is 515 g/mol. The van der Waals surface area contributed by atoms with E-state index in [4.69, 9.17) is 4.74 Å². The van der Waals surface area contributed by atoms with Crippen LogP contribution in [-0.2, 0) is 4.79 Å². The number of pyridine rings is 1. The number of hydrogen-bond donors (Lipinski definition) is 3. The zero-order valence-electron chi connectivity index (χ0n) is 20.7. The Balaban J connectivity index is 1.27. The topological polar surface area (TPSA) is 95.6 Å². The molecule has 1 aromatic heterocycles. The number of nitrogens with one attached hydrogen (secondary N) is 3. The van der Waals surface area contributed by atoms with Crippen LogP contribution in [0.3, 0.4) is 0 Å². The second-order valence-electron chi connectivity index (χ2n) is 9.80. The van der Waals surface area contributed by atoms with Gasteiger partial charge in [0.05, 0.1) is 17.4 Å². The number of aromatic nitrogens is 1. The molecule has 0 aliphatic carbocycles. The van der Waals surface area contributed by atoms with E-state index in [1.165, 1.54) is 11.8 Å². The van der Waals surface area contributed by atoms with Crippen molar-refractivity contribution in [2.24, 2.45) is 5.92 Å². The number of piperidine rings is 1. The van der Waals surface area contributed by atoms with Gasteiger partial charge in [0, 0.05) is 17.8 Å². The van der Waals surface area contributed by atoms with Gasteiger partial charge in [-0.15, -0.1) is 0 Å². The molecule has 3 aromatic rings. The number of hydrogen-bond acceptors (Lipinski definition) is 6. The van der Waals surface area contributed by atoms with Crippen molar-refractivity contribution < 1.29 is 14.3 Å². The Morgan fingerprint density at radius 2 is 1.97 bits per heavy atom. The average molecular weight is 516 g/mol. The van der Waals surface area contributed by atoms with E-state index < -0.39 is 11.3 Å². The molecule has 2 aromatic carbocycles. The van der Waals surface area contributed by atoms with Gasteiger partial charge in [-0.1, -0.05) is 36.9 Å². The Kier molecular flexibility index (Phi) is 6.26. The van der Waals surface area contributed by atoms with Gasteiger partial charge in [-0.2, -0.15) is 0 Å². The molecule has 0 radical (unpaired) electrons. The van der Waals surface area contributed by atoms with Crippen LogP contribution < -0.4 is 25.6 Å². The van der Waals surface area contributed by atoms with Gasteiger partial charge >= 0.3 is 6.03 Å². The third-order valence-electron chi connectivity index (χ3n) is 7.27. The van der Waals surface area contributed by atoms with E-state index in [9.17, 15) is 9.59 Å². The van der Waals surface area contributed by atoms with Gasteiger partial charge in [0.2, 0.25) is 5.91 Å². The summed E-state index contributed by atoms with van der Waals surface area (Å²) in [5, 5.41) is 10.0. The van der Waals surface area contributed by atoms with Crippen molar-refractivity contribution in [3.63, 3.8) is 0 Å². The quantitative estimate of drug-likeness (QED) is 0.457. The molecule has 4 atom stereocenters. The first-order chi connectivity index (χ1) is 18.0. The lowest BCUT2D eigenvalue weighted by Crippen LogP contribution is -2.53. The normalized spacial score (nSPS) is 24.3. The van der Waals surface area contributed by atoms with Crippen LogP contribution in [0.25, 0.3) is 0 Å². The van der Waals surface area contributed by atoms with Crippen LogP contribution in [0.1, 0.15) is 30.5 Å². The van der Waals surface area contributed by atoms with Crippen molar-refractivity contribution in [3.05, 3.63) is 71.9 Å². The smallest absolute Gasteiger partial charge is 0.327 e. The predicted octanol–water partition coefficient (Wildman–Crippen LogP) is 4.67. The van der Waals surface area contributed by atoms with E-state index in [1.54, 1.807) is 11.1 Å². The molecular weight excluding hydrogens is 486 g/mol. The predicted molar refractivity (Wildman–Crippen MR) is 144 cm³/mol. The summed E-state index contributed by atoms with van der Waals surface area (Å²) >= 11 is 1.43. The number of rotatable bonds is 5. The number of carbonyl (C=O) groups excluding carboxylic acids is 2. The number of urea groups is 1. The SMILES string of the molecule is Cc1cc(Oc2ccccc2)ccc1N1C(=O)NC2c3c1ccnc3SC2C(=O)NC1CCNCC1C. The summed E-state index contributed by atoms with van der Waals surface area (Å²) in [6.07, 6.45) is 2.61. The van der Waals surface area contributed by atoms with Gasteiger partial charge in [0.1, 0.15) is 21.8 Å². The Morgan fingerprint density at radius 1 is 1.14 bits per heavy atom. The average Bonchev–Trinajstić information content (AvgIpc) is 3.26. The molecule has 6 rings (SSSR count). The fraction of sp³-hybridized carbons (Fsp3) is 0.321. The van der Waals surface area contributed by atoms with Crippen LogP contribution in [0.5, 0.6) is 11.5 Å². The van der Waals surface area contributed by atoms with E-state index in [2.05, 4.69) is 27.9 Å². The first-order valence-electron chi connectivity index (χ1n) is 12.6. The molecule has 0 saturated carbocycles. The summed E-state index contributed by atoms with van der Waals surface area (Å²) in [5.41, 5.74) is 3.31. The second-order valence-corrected chi connectivity index (χ2v) is 10.9. The number of thioether (sulfide) groups is 1. The molecule has 8 nitrogen and oxygen atoms in total. The summed E-state index contributed by atoms with van der Waals surface area (Å²) in [6, 6.07) is 16.6. The first-order valence-corrected chi connectivity index (χ1v) is 13.5. The van der Waals surface area contributed by atoms with Gasteiger partial charge in [-0.25, -0.2) is 9.78 Å². The third kappa shape index (κ3) is 4.42. The number of anilines is 2. The molecule has 9 heteroatoms. The lowest BCUT2D eigenvalue weighted by atomic mass is 9.94. The number of aryl methyl sites for hydroxylation is 1. The van der Waals surface area contributed by atoms with Crippen LogP contribution in [-0.4, -0.2) is 41.3 Å². The van der Waals surface area contributed by atoms with Crippen molar-refractivity contribution in [1.82, 2.24) is 20.9 Å². The molecule has 3 amide bonds.